The van der Waals surface area contributed by atoms with Crippen LogP contribution in [0.25, 0.3) is 0 Å². The standard InChI is InChI=1S/C19H27N3O3/c1-13-5-6-15(19(24)22-7-9-25-10-8-22)12-17(13)21-18(23)14-3-2-4-16(20)11-14/h5-6,12,14,16H,2-4,7-11,20H2,1H3,(H,21,23). The van der Waals surface area contributed by atoms with E-state index in [2.05, 4.69) is 5.32 Å². The number of aryl methyl sites for hydroxylation is 1. The van der Waals surface area contributed by atoms with Gasteiger partial charge in [-0.2, -0.15) is 0 Å². The van der Waals surface area contributed by atoms with Crippen molar-refractivity contribution in [3.8, 4) is 0 Å². The maximum Gasteiger partial charge on any atom is 0.254 e. The summed E-state index contributed by atoms with van der Waals surface area (Å²) in [5, 5.41) is 3.01. The van der Waals surface area contributed by atoms with Crippen molar-refractivity contribution in [2.24, 2.45) is 11.7 Å². The lowest BCUT2D eigenvalue weighted by Crippen LogP contribution is -2.40. The van der Waals surface area contributed by atoms with Gasteiger partial charge in [0.25, 0.3) is 5.91 Å². The van der Waals surface area contributed by atoms with Gasteiger partial charge < -0.3 is 20.7 Å². The van der Waals surface area contributed by atoms with E-state index >= 15 is 0 Å². The van der Waals surface area contributed by atoms with Gasteiger partial charge in [0.2, 0.25) is 5.91 Å². The van der Waals surface area contributed by atoms with Gasteiger partial charge in [-0.25, -0.2) is 0 Å². The molecule has 1 aromatic carbocycles. The van der Waals surface area contributed by atoms with E-state index in [1.165, 1.54) is 0 Å². The van der Waals surface area contributed by atoms with Gasteiger partial charge in [-0.05, 0) is 43.9 Å². The van der Waals surface area contributed by atoms with E-state index in [0.717, 1.165) is 31.2 Å². The third-order valence-corrected chi connectivity index (χ3v) is 5.13. The minimum atomic E-state index is -0.0400. The number of carbonyl (C=O) groups is 2. The second-order valence-corrected chi connectivity index (χ2v) is 7.05. The maximum atomic E-state index is 12.6. The van der Waals surface area contributed by atoms with Crippen LogP contribution in [0.1, 0.15) is 41.6 Å². The summed E-state index contributed by atoms with van der Waals surface area (Å²) < 4.78 is 5.30. The number of benzene rings is 1. The summed E-state index contributed by atoms with van der Waals surface area (Å²) in [5.74, 6) is -0.0468. The Kier molecular flexibility index (Phi) is 5.71. The van der Waals surface area contributed by atoms with Gasteiger partial charge in [0, 0.05) is 36.3 Å². The Labute approximate surface area is 148 Å². The highest BCUT2D eigenvalue weighted by molar-refractivity contribution is 5.98. The molecule has 2 unspecified atom stereocenters. The van der Waals surface area contributed by atoms with Crippen molar-refractivity contribution in [3.05, 3.63) is 29.3 Å². The summed E-state index contributed by atoms with van der Waals surface area (Å²) >= 11 is 0. The second-order valence-electron chi connectivity index (χ2n) is 7.05. The van der Waals surface area contributed by atoms with Crippen LogP contribution in [-0.4, -0.2) is 49.1 Å². The van der Waals surface area contributed by atoms with E-state index in [4.69, 9.17) is 10.5 Å². The summed E-state index contributed by atoms with van der Waals surface area (Å²) in [6.45, 7) is 4.29. The molecule has 1 saturated heterocycles. The van der Waals surface area contributed by atoms with Gasteiger partial charge in [0.15, 0.2) is 0 Å². The van der Waals surface area contributed by atoms with E-state index in [1.807, 2.05) is 19.1 Å². The molecule has 0 spiro atoms. The Hall–Kier alpha value is -1.92. The van der Waals surface area contributed by atoms with Crippen LogP contribution in [0, 0.1) is 12.8 Å². The normalized spacial score (nSPS) is 24.0. The lowest BCUT2D eigenvalue weighted by atomic mass is 9.85. The SMILES string of the molecule is Cc1ccc(C(=O)N2CCOCC2)cc1NC(=O)C1CCCC(N)C1. The fraction of sp³-hybridized carbons (Fsp3) is 0.579. The van der Waals surface area contributed by atoms with E-state index in [1.54, 1.807) is 11.0 Å². The van der Waals surface area contributed by atoms with Crippen molar-refractivity contribution in [3.63, 3.8) is 0 Å². The van der Waals surface area contributed by atoms with Crippen LogP contribution in [0.4, 0.5) is 5.69 Å². The molecular formula is C19H27N3O3. The number of hydrogen-bond acceptors (Lipinski definition) is 4. The quantitative estimate of drug-likeness (QED) is 0.876. The summed E-state index contributed by atoms with van der Waals surface area (Å²) in [6.07, 6.45) is 3.60. The first-order chi connectivity index (χ1) is 12.0. The number of hydrogen-bond donors (Lipinski definition) is 2. The molecule has 6 heteroatoms. The Morgan fingerprint density at radius 3 is 2.72 bits per heavy atom. The topological polar surface area (TPSA) is 84.7 Å². The zero-order valence-corrected chi connectivity index (χ0v) is 14.8. The van der Waals surface area contributed by atoms with E-state index in [0.29, 0.717) is 37.6 Å². The highest BCUT2D eigenvalue weighted by atomic mass is 16.5. The number of carbonyl (C=O) groups excluding carboxylic acids is 2. The molecule has 1 aliphatic heterocycles. The lowest BCUT2D eigenvalue weighted by Gasteiger charge is -2.27. The molecule has 25 heavy (non-hydrogen) atoms. The van der Waals surface area contributed by atoms with Crippen LogP contribution in [-0.2, 0) is 9.53 Å². The van der Waals surface area contributed by atoms with E-state index in [9.17, 15) is 9.59 Å². The predicted octanol–water partition coefficient (Wildman–Crippen LogP) is 1.92. The first kappa shape index (κ1) is 17.9. The number of nitrogens with one attached hydrogen (secondary N) is 1. The molecule has 3 N–H and O–H groups in total. The summed E-state index contributed by atoms with van der Waals surface area (Å²) in [5.41, 5.74) is 8.25. The Bertz CT molecular complexity index is 641. The Morgan fingerprint density at radius 1 is 1.24 bits per heavy atom. The molecule has 1 saturated carbocycles. The van der Waals surface area contributed by atoms with Gasteiger partial charge in [-0.15, -0.1) is 0 Å². The highest BCUT2D eigenvalue weighted by Crippen LogP contribution is 2.26. The van der Waals surface area contributed by atoms with Crippen molar-refractivity contribution in [2.75, 3.05) is 31.6 Å². The van der Waals surface area contributed by atoms with E-state index in [-0.39, 0.29) is 23.8 Å². The zero-order valence-electron chi connectivity index (χ0n) is 14.8. The molecule has 0 aromatic heterocycles. The average Bonchev–Trinajstić information content (AvgIpc) is 2.63. The molecule has 6 nitrogen and oxygen atoms in total. The van der Waals surface area contributed by atoms with E-state index < -0.39 is 0 Å². The van der Waals surface area contributed by atoms with Crippen LogP contribution in [0.2, 0.25) is 0 Å². The fourth-order valence-corrected chi connectivity index (χ4v) is 3.54. The second kappa shape index (κ2) is 7.97. The number of nitrogens with two attached hydrogens (primary N) is 1. The number of rotatable bonds is 3. The molecule has 0 bridgehead atoms. The van der Waals surface area contributed by atoms with Crippen molar-refractivity contribution >= 4 is 17.5 Å². The molecule has 2 amide bonds. The molecular weight excluding hydrogens is 318 g/mol. The van der Waals surface area contributed by atoms with Crippen molar-refractivity contribution in [1.82, 2.24) is 4.90 Å². The van der Waals surface area contributed by atoms with Crippen molar-refractivity contribution < 1.29 is 14.3 Å². The maximum absolute atomic E-state index is 12.6. The molecule has 2 aliphatic rings. The molecule has 136 valence electrons. The van der Waals surface area contributed by atoms with Crippen molar-refractivity contribution in [2.45, 2.75) is 38.6 Å². The number of morpholine rings is 1. The number of ether oxygens (including phenoxy) is 1. The first-order valence-corrected chi connectivity index (χ1v) is 9.08. The molecule has 1 aliphatic carbocycles. The largest absolute Gasteiger partial charge is 0.378 e. The smallest absolute Gasteiger partial charge is 0.254 e. The predicted molar refractivity (Wildman–Crippen MR) is 96.5 cm³/mol. The van der Waals surface area contributed by atoms with Crippen molar-refractivity contribution in [1.29, 1.82) is 0 Å². The highest BCUT2D eigenvalue weighted by Gasteiger charge is 2.26. The first-order valence-electron chi connectivity index (χ1n) is 9.08. The number of nitrogens with zero attached hydrogens (tertiary/aromatic N) is 1. The lowest BCUT2D eigenvalue weighted by molar-refractivity contribution is -0.120. The monoisotopic (exact) mass is 345 g/mol. The fourth-order valence-electron chi connectivity index (χ4n) is 3.54. The third kappa shape index (κ3) is 4.38. The molecule has 2 fully saturated rings. The van der Waals surface area contributed by atoms with Gasteiger partial charge in [0.05, 0.1) is 13.2 Å². The number of amides is 2. The molecule has 1 aromatic rings. The zero-order chi connectivity index (χ0) is 17.8. The Morgan fingerprint density at radius 2 is 2.00 bits per heavy atom. The van der Waals surface area contributed by atoms with Gasteiger partial charge in [0.1, 0.15) is 0 Å². The third-order valence-electron chi connectivity index (χ3n) is 5.13. The molecule has 1 heterocycles. The van der Waals surface area contributed by atoms with Crippen LogP contribution in [0.15, 0.2) is 18.2 Å². The van der Waals surface area contributed by atoms with Gasteiger partial charge in [-0.3, -0.25) is 9.59 Å². The Balaban J connectivity index is 1.70. The van der Waals surface area contributed by atoms with Crippen LogP contribution in [0.3, 0.4) is 0 Å². The van der Waals surface area contributed by atoms with Crippen LogP contribution in [0.5, 0.6) is 0 Å². The molecule has 2 atom stereocenters. The summed E-state index contributed by atoms with van der Waals surface area (Å²) in [6, 6.07) is 5.60. The molecule has 3 rings (SSSR count). The van der Waals surface area contributed by atoms with Gasteiger partial charge in [-0.1, -0.05) is 12.5 Å². The van der Waals surface area contributed by atoms with Crippen LogP contribution < -0.4 is 11.1 Å². The number of anilines is 1. The summed E-state index contributed by atoms with van der Waals surface area (Å²) in [4.78, 5) is 27.0. The molecule has 0 radical (unpaired) electrons. The van der Waals surface area contributed by atoms with Crippen LogP contribution >= 0.6 is 0 Å². The van der Waals surface area contributed by atoms with Gasteiger partial charge >= 0.3 is 0 Å². The minimum Gasteiger partial charge on any atom is -0.378 e. The summed E-state index contributed by atoms with van der Waals surface area (Å²) in [7, 11) is 0. The average molecular weight is 345 g/mol. The minimum absolute atomic E-state index is 0.00854.